The van der Waals surface area contributed by atoms with E-state index in [1.165, 1.54) is 0 Å². The van der Waals surface area contributed by atoms with Crippen molar-refractivity contribution in [1.29, 1.82) is 5.26 Å². The number of benzene rings is 2. The number of amides is 1. The summed E-state index contributed by atoms with van der Waals surface area (Å²) in [5.74, 6) is 0.307. The SMILES string of the molecule is Cc1cccc(NC(=O)COc2ccc(C3C(C#N)=C(N)Oc4n[nH]c(C)c43)cc2)c1C. The van der Waals surface area contributed by atoms with Crippen molar-refractivity contribution >= 4 is 11.6 Å². The summed E-state index contributed by atoms with van der Waals surface area (Å²) in [4.78, 5) is 12.3. The fourth-order valence-electron chi connectivity index (χ4n) is 3.71. The lowest BCUT2D eigenvalue weighted by molar-refractivity contribution is -0.118. The van der Waals surface area contributed by atoms with Crippen LogP contribution >= 0.6 is 0 Å². The standard InChI is InChI=1S/C24H23N5O3/c1-13-5-4-6-19(14(13)2)27-20(30)12-31-17-9-7-16(8-10-17)22-18(11-25)23(26)32-24-21(22)15(3)28-29-24/h4-10,22H,12,26H2,1-3H3,(H,27,30)(H,28,29). The van der Waals surface area contributed by atoms with Gasteiger partial charge >= 0.3 is 0 Å². The van der Waals surface area contributed by atoms with Crippen molar-refractivity contribution in [3.05, 3.63) is 81.9 Å². The second kappa shape index (κ2) is 8.47. The molecule has 2 aromatic carbocycles. The molecule has 1 aliphatic rings. The van der Waals surface area contributed by atoms with E-state index in [1.54, 1.807) is 12.1 Å². The van der Waals surface area contributed by atoms with Gasteiger partial charge in [0.2, 0.25) is 11.8 Å². The number of rotatable bonds is 5. The Morgan fingerprint density at radius 2 is 2.00 bits per heavy atom. The fraction of sp³-hybridized carbons (Fsp3) is 0.208. The number of hydrogen-bond donors (Lipinski definition) is 3. The molecule has 1 aliphatic heterocycles. The normalized spacial score (nSPS) is 14.9. The average Bonchev–Trinajstić information content (AvgIpc) is 3.15. The minimum Gasteiger partial charge on any atom is -0.484 e. The Hall–Kier alpha value is -4.25. The molecule has 162 valence electrons. The lowest BCUT2D eigenvalue weighted by Crippen LogP contribution is -2.21. The molecule has 1 amide bonds. The molecule has 4 rings (SSSR count). The molecule has 0 fully saturated rings. The first-order valence-electron chi connectivity index (χ1n) is 10.1. The van der Waals surface area contributed by atoms with Crippen molar-refractivity contribution in [3.8, 4) is 17.7 Å². The Morgan fingerprint density at radius 3 is 2.72 bits per heavy atom. The second-order valence-electron chi connectivity index (χ2n) is 7.65. The number of nitrogens with zero attached hydrogens (tertiary/aromatic N) is 2. The smallest absolute Gasteiger partial charge is 0.262 e. The van der Waals surface area contributed by atoms with Gasteiger partial charge in [-0.25, -0.2) is 0 Å². The molecule has 8 heteroatoms. The van der Waals surface area contributed by atoms with Crippen molar-refractivity contribution in [2.24, 2.45) is 5.73 Å². The number of fused-ring (bicyclic) bond motifs is 1. The number of aryl methyl sites for hydroxylation is 2. The highest BCUT2D eigenvalue weighted by atomic mass is 16.5. The minimum atomic E-state index is -0.399. The number of hydrogen-bond acceptors (Lipinski definition) is 6. The number of carbonyl (C=O) groups is 1. The van der Waals surface area contributed by atoms with E-state index in [-0.39, 0.29) is 18.4 Å². The maximum absolute atomic E-state index is 12.3. The van der Waals surface area contributed by atoms with E-state index in [1.807, 2.05) is 51.1 Å². The molecule has 2 heterocycles. The Labute approximate surface area is 185 Å². The van der Waals surface area contributed by atoms with Gasteiger partial charge in [0.15, 0.2) is 6.61 Å². The third-order valence-corrected chi connectivity index (χ3v) is 5.59. The highest BCUT2D eigenvalue weighted by Crippen LogP contribution is 2.42. The summed E-state index contributed by atoms with van der Waals surface area (Å²) in [7, 11) is 0. The number of ether oxygens (including phenoxy) is 2. The third kappa shape index (κ3) is 3.88. The van der Waals surface area contributed by atoms with Crippen molar-refractivity contribution in [1.82, 2.24) is 10.2 Å². The van der Waals surface area contributed by atoms with Crippen LogP contribution in [0.15, 0.2) is 53.9 Å². The van der Waals surface area contributed by atoms with Gasteiger partial charge in [-0.3, -0.25) is 9.89 Å². The van der Waals surface area contributed by atoms with Crippen LogP contribution in [0, 0.1) is 32.1 Å². The quantitative estimate of drug-likeness (QED) is 0.569. The molecular formula is C24H23N5O3. The number of H-pyrrole nitrogens is 1. The molecule has 1 atom stereocenters. The first kappa shape index (κ1) is 21.0. The fourth-order valence-corrected chi connectivity index (χ4v) is 3.71. The van der Waals surface area contributed by atoms with Gasteiger partial charge in [-0.1, -0.05) is 24.3 Å². The predicted molar refractivity (Wildman–Crippen MR) is 119 cm³/mol. The van der Waals surface area contributed by atoms with Gasteiger partial charge in [-0.15, -0.1) is 5.10 Å². The first-order valence-corrected chi connectivity index (χ1v) is 10.1. The number of nitriles is 1. The van der Waals surface area contributed by atoms with Crippen molar-refractivity contribution in [2.45, 2.75) is 26.7 Å². The molecule has 0 bridgehead atoms. The monoisotopic (exact) mass is 429 g/mol. The van der Waals surface area contributed by atoms with E-state index in [9.17, 15) is 10.1 Å². The zero-order valence-corrected chi connectivity index (χ0v) is 18.0. The van der Waals surface area contributed by atoms with E-state index >= 15 is 0 Å². The first-order chi connectivity index (χ1) is 15.4. The largest absolute Gasteiger partial charge is 0.484 e. The molecule has 1 unspecified atom stereocenters. The van der Waals surface area contributed by atoms with E-state index in [0.717, 1.165) is 33.6 Å². The molecule has 4 N–H and O–H groups in total. The van der Waals surface area contributed by atoms with E-state index in [2.05, 4.69) is 21.6 Å². The van der Waals surface area contributed by atoms with Gasteiger partial charge in [0, 0.05) is 16.9 Å². The van der Waals surface area contributed by atoms with Crippen LogP contribution in [0.4, 0.5) is 5.69 Å². The Kier molecular flexibility index (Phi) is 5.56. The topological polar surface area (TPSA) is 126 Å². The number of nitrogens with two attached hydrogens (primary N) is 1. The zero-order chi connectivity index (χ0) is 22.8. The van der Waals surface area contributed by atoms with Crippen LogP contribution in [0.2, 0.25) is 0 Å². The van der Waals surface area contributed by atoms with E-state index in [0.29, 0.717) is 17.2 Å². The number of aromatic nitrogens is 2. The van der Waals surface area contributed by atoms with E-state index in [4.69, 9.17) is 15.2 Å². The summed E-state index contributed by atoms with van der Waals surface area (Å²) >= 11 is 0. The van der Waals surface area contributed by atoms with Crippen LogP contribution in [0.3, 0.4) is 0 Å². The van der Waals surface area contributed by atoms with Crippen LogP contribution in [-0.4, -0.2) is 22.7 Å². The van der Waals surface area contributed by atoms with Crippen molar-refractivity contribution < 1.29 is 14.3 Å². The molecule has 0 radical (unpaired) electrons. The van der Waals surface area contributed by atoms with Gasteiger partial charge in [-0.2, -0.15) is 5.26 Å². The highest BCUT2D eigenvalue weighted by Gasteiger charge is 2.34. The number of carbonyl (C=O) groups excluding carboxylic acids is 1. The lowest BCUT2D eigenvalue weighted by Gasteiger charge is -2.23. The summed E-state index contributed by atoms with van der Waals surface area (Å²) in [5.41, 5.74) is 11.6. The van der Waals surface area contributed by atoms with Gasteiger partial charge in [0.1, 0.15) is 17.4 Å². The Bertz CT molecular complexity index is 1250. The second-order valence-corrected chi connectivity index (χ2v) is 7.65. The molecule has 3 aromatic rings. The molecule has 0 spiro atoms. The van der Waals surface area contributed by atoms with Crippen LogP contribution in [-0.2, 0) is 4.79 Å². The highest BCUT2D eigenvalue weighted by molar-refractivity contribution is 5.92. The van der Waals surface area contributed by atoms with E-state index < -0.39 is 5.92 Å². The maximum Gasteiger partial charge on any atom is 0.262 e. The van der Waals surface area contributed by atoms with Crippen LogP contribution in [0.25, 0.3) is 0 Å². The number of allylic oxidation sites excluding steroid dienone is 1. The number of aromatic amines is 1. The van der Waals surface area contributed by atoms with Gasteiger partial charge < -0.3 is 20.5 Å². The summed E-state index contributed by atoms with van der Waals surface area (Å²) in [6.45, 7) is 5.71. The van der Waals surface area contributed by atoms with Crippen LogP contribution in [0.5, 0.6) is 11.6 Å². The molecule has 0 saturated carbocycles. The van der Waals surface area contributed by atoms with Crippen LogP contribution in [0.1, 0.15) is 33.9 Å². The summed E-state index contributed by atoms with van der Waals surface area (Å²) in [5, 5.41) is 19.5. The van der Waals surface area contributed by atoms with Crippen LogP contribution < -0.4 is 20.5 Å². The molecular weight excluding hydrogens is 406 g/mol. The maximum atomic E-state index is 12.3. The van der Waals surface area contributed by atoms with Gasteiger partial charge in [0.05, 0.1) is 5.92 Å². The van der Waals surface area contributed by atoms with Crippen molar-refractivity contribution in [3.63, 3.8) is 0 Å². The minimum absolute atomic E-state index is 0.0416. The summed E-state index contributed by atoms with van der Waals surface area (Å²) in [6.07, 6.45) is 0. The third-order valence-electron chi connectivity index (χ3n) is 5.59. The zero-order valence-electron chi connectivity index (χ0n) is 18.0. The Morgan fingerprint density at radius 1 is 1.25 bits per heavy atom. The molecule has 8 nitrogen and oxygen atoms in total. The molecule has 32 heavy (non-hydrogen) atoms. The van der Waals surface area contributed by atoms with Gasteiger partial charge in [0.25, 0.3) is 5.91 Å². The Balaban J connectivity index is 1.48. The summed E-state index contributed by atoms with van der Waals surface area (Å²) in [6, 6.07) is 15.1. The summed E-state index contributed by atoms with van der Waals surface area (Å²) < 4.78 is 11.1. The number of anilines is 1. The molecule has 0 saturated heterocycles. The average molecular weight is 429 g/mol. The molecule has 1 aromatic heterocycles. The lowest BCUT2D eigenvalue weighted by atomic mass is 9.84. The predicted octanol–water partition coefficient (Wildman–Crippen LogP) is 3.57. The molecule has 0 aliphatic carbocycles. The van der Waals surface area contributed by atoms with Crippen molar-refractivity contribution in [2.75, 3.05) is 11.9 Å². The van der Waals surface area contributed by atoms with Gasteiger partial charge in [-0.05, 0) is 55.7 Å². The number of nitrogens with one attached hydrogen (secondary N) is 2.